The van der Waals surface area contributed by atoms with Crippen molar-refractivity contribution < 1.29 is 21.9 Å². The summed E-state index contributed by atoms with van der Waals surface area (Å²) in [7, 11) is -3.42. The van der Waals surface area contributed by atoms with Gasteiger partial charge >= 0.3 is 6.61 Å². The number of nitrogens with one attached hydrogen (secondary N) is 1. The van der Waals surface area contributed by atoms with Gasteiger partial charge in [0.1, 0.15) is 11.0 Å². The van der Waals surface area contributed by atoms with Crippen molar-refractivity contribution in [2.24, 2.45) is 0 Å². The summed E-state index contributed by atoms with van der Waals surface area (Å²) < 4.78 is 52.3. The van der Waals surface area contributed by atoms with Crippen molar-refractivity contribution in [1.29, 1.82) is 0 Å². The van der Waals surface area contributed by atoms with E-state index in [4.69, 9.17) is 11.6 Å². The van der Waals surface area contributed by atoms with Crippen LogP contribution >= 0.6 is 11.6 Å². The average molecular weight is 300 g/mol. The smallest absolute Gasteiger partial charge is 0.387 e. The van der Waals surface area contributed by atoms with Gasteiger partial charge in [-0.3, -0.25) is 0 Å². The molecule has 1 aromatic rings. The number of hydrogen-bond acceptors (Lipinski definition) is 3. The summed E-state index contributed by atoms with van der Waals surface area (Å²) in [6, 6.07) is 5.98. The molecule has 4 nitrogen and oxygen atoms in total. The van der Waals surface area contributed by atoms with Gasteiger partial charge in [0.15, 0.2) is 0 Å². The number of benzene rings is 1. The number of sulfonamides is 1. The van der Waals surface area contributed by atoms with E-state index in [1.165, 1.54) is 12.1 Å². The van der Waals surface area contributed by atoms with Gasteiger partial charge in [0.25, 0.3) is 0 Å². The third kappa shape index (κ3) is 5.61. The van der Waals surface area contributed by atoms with Crippen LogP contribution in [0.2, 0.25) is 0 Å². The van der Waals surface area contributed by atoms with Crippen molar-refractivity contribution in [3.8, 4) is 5.75 Å². The summed E-state index contributed by atoms with van der Waals surface area (Å²) in [4.78, 5) is 0. The van der Waals surface area contributed by atoms with Gasteiger partial charge in [-0.05, 0) is 24.1 Å². The molecular weight excluding hydrogens is 288 g/mol. The Morgan fingerprint density at radius 1 is 1.28 bits per heavy atom. The first-order valence-electron chi connectivity index (χ1n) is 5.00. The number of hydrogen-bond donors (Lipinski definition) is 1. The molecule has 0 heterocycles. The maximum atomic E-state index is 11.9. The highest BCUT2D eigenvalue weighted by Crippen LogP contribution is 2.14. The average Bonchev–Trinajstić information content (AvgIpc) is 2.30. The standard InChI is InChI=1S/C10H12ClF2NO3S/c11-7-18(15,16)14-6-5-8-1-3-9(4-2-8)17-10(12)13/h1-4,10,14H,5-7H2. The molecule has 0 bridgehead atoms. The lowest BCUT2D eigenvalue weighted by Gasteiger charge is -2.06. The second-order valence-corrected chi connectivity index (χ2v) is 5.78. The highest BCUT2D eigenvalue weighted by molar-refractivity contribution is 7.90. The van der Waals surface area contributed by atoms with E-state index in [0.717, 1.165) is 5.56 Å². The van der Waals surface area contributed by atoms with E-state index in [1.54, 1.807) is 12.1 Å². The van der Waals surface area contributed by atoms with E-state index >= 15 is 0 Å². The van der Waals surface area contributed by atoms with Gasteiger partial charge in [0.05, 0.1) is 0 Å². The van der Waals surface area contributed by atoms with Gasteiger partial charge in [0, 0.05) is 6.54 Å². The van der Waals surface area contributed by atoms with Gasteiger partial charge in [-0.1, -0.05) is 12.1 Å². The Balaban J connectivity index is 2.44. The Morgan fingerprint density at radius 3 is 2.39 bits per heavy atom. The SMILES string of the molecule is O=S(=O)(CCl)NCCc1ccc(OC(F)F)cc1. The number of halogens is 3. The van der Waals surface area contributed by atoms with E-state index in [9.17, 15) is 17.2 Å². The number of rotatable bonds is 7. The lowest BCUT2D eigenvalue weighted by Crippen LogP contribution is -2.26. The van der Waals surface area contributed by atoms with E-state index in [-0.39, 0.29) is 12.3 Å². The van der Waals surface area contributed by atoms with Crippen molar-refractivity contribution in [2.45, 2.75) is 13.0 Å². The molecule has 0 aromatic heterocycles. The zero-order valence-electron chi connectivity index (χ0n) is 9.27. The summed E-state index contributed by atoms with van der Waals surface area (Å²) in [5.74, 6) is 0.0649. The van der Waals surface area contributed by atoms with Crippen LogP contribution in [0.4, 0.5) is 8.78 Å². The molecule has 0 atom stereocenters. The quantitative estimate of drug-likeness (QED) is 0.783. The molecule has 0 radical (unpaired) electrons. The Bertz CT molecular complexity index is 465. The van der Waals surface area contributed by atoms with Crippen LogP contribution in [0.1, 0.15) is 5.56 Å². The molecule has 0 spiro atoms. The predicted molar refractivity (Wildman–Crippen MR) is 64.4 cm³/mol. The molecule has 0 saturated carbocycles. The van der Waals surface area contributed by atoms with Crippen LogP contribution in [-0.4, -0.2) is 26.8 Å². The van der Waals surface area contributed by atoms with Crippen LogP contribution in [-0.2, 0) is 16.4 Å². The van der Waals surface area contributed by atoms with Crippen LogP contribution < -0.4 is 9.46 Å². The van der Waals surface area contributed by atoms with Crippen LogP contribution in [0.25, 0.3) is 0 Å². The molecular formula is C10H12ClF2NO3S. The third-order valence-corrected chi connectivity index (χ3v) is 3.82. The molecule has 8 heteroatoms. The number of ether oxygens (including phenoxy) is 1. The van der Waals surface area contributed by atoms with Crippen LogP contribution in [0.5, 0.6) is 5.75 Å². The molecule has 1 aromatic carbocycles. The van der Waals surface area contributed by atoms with Gasteiger partial charge in [-0.2, -0.15) is 8.78 Å². The molecule has 0 aliphatic heterocycles. The summed E-state index contributed by atoms with van der Waals surface area (Å²) in [5, 5.41) is -0.492. The van der Waals surface area contributed by atoms with Crippen LogP contribution in [0, 0.1) is 0 Å². The first kappa shape index (κ1) is 15.1. The summed E-state index contributed by atoms with van der Waals surface area (Å²) in [6.07, 6.45) is 0.436. The maximum Gasteiger partial charge on any atom is 0.387 e. The Kier molecular flexibility index (Phi) is 5.77. The third-order valence-electron chi connectivity index (χ3n) is 2.03. The fraction of sp³-hybridized carbons (Fsp3) is 0.400. The van der Waals surface area contributed by atoms with Crippen LogP contribution in [0.15, 0.2) is 24.3 Å². The monoisotopic (exact) mass is 299 g/mol. The van der Waals surface area contributed by atoms with Crippen LogP contribution in [0.3, 0.4) is 0 Å². The molecule has 18 heavy (non-hydrogen) atoms. The van der Waals surface area contributed by atoms with E-state index in [2.05, 4.69) is 9.46 Å². The minimum atomic E-state index is -3.42. The lowest BCUT2D eigenvalue weighted by atomic mass is 10.1. The predicted octanol–water partition coefficient (Wildman–Crippen LogP) is 1.95. The van der Waals surface area contributed by atoms with Crippen molar-refractivity contribution in [1.82, 2.24) is 4.72 Å². The number of alkyl halides is 3. The molecule has 0 unspecified atom stereocenters. The van der Waals surface area contributed by atoms with E-state index in [1.807, 2.05) is 0 Å². The Morgan fingerprint density at radius 2 is 1.89 bits per heavy atom. The summed E-state index contributed by atoms with van der Waals surface area (Å²) >= 11 is 5.21. The summed E-state index contributed by atoms with van der Waals surface area (Å²) in [5.41, 5.74) is 0.800. The topological polar surface area (TPSA) is 55.4 Å². The van der Waals surface area contributed by atoms with Gasteiger partial charge in [-0.15, -0.1) is 11.6 Å². The first-order valence-corrected chi connectivity index (χ1v) is 7.18. The van der Waals surface area contributed by atoms with Crippen molar-refractivity contribution in [3.05, 3.63) is 29.8 Å². The molecule has 1 rings (SSSR count). The summed E-state index contributed by atoms with van der Waals surface area (Å²) in [6.45, 7) is -2.66. The fourth-order valence-electron chi connectivity index (χ4n) is 1.23. The highest BCUT2D eigenvalue weighted by Gasteiger charge is 2.07. The lowest BCUT2D eigenvalue weighted by molar-refractivity contribution is -0.0498. The maximum absolute atomic E-state index is 11.9. The minimum Gasteiger partial charge on any atom is -0.435 e. The van der Waals surface area contributed by atoms with Gasteiger partial charge in [-0.25, -0.2) is 13.1 Å². The molecule has 1 N–H and O–H groups in total. The second kappa shape index (κ2) is 6.86. The van der Waals surface area contributed by atoms with Crippen molar-refractivity contribution in [2.75, 3.05) is 11.8 Å². The minimum absolute atomic E-state index is 0.0649. The zero-order chi connectivity index (χ0) is 13.6. The van der Waals surface area contributed by atoms with Gasteiger partial charge < -0.3 is 4.74 Å². The first-order chi connectivity index (χ1) is 8.43. The Labute approximate surface area is 109 Å². The normalized spacial score (nSPS) is 11.8. The molecule has 0 saturated heterocycles. The zero-order valence-corrected chi connectivity index (χ0v) is 10.8. The van der Waals surface area contributed by atoms with E-state index in [0.29, 0.717) is 6.42 Å². The second-order valence-electron chi connectivity index (χ2n) is 3.39. The van der Waals surface area contributed by atoms with E-state index < -0.39 is 21.8 Å². The fourth-order valence-corrected chi connectivity index (χ4v) is 1.95. The van der Waals surface area contributed by atoms with Gasteiger partial charge in [0.2, 0.25) is 10.0 Å². The highest BCUT2D eigenvalue weighted by atomic mass is 35.5. The van der Waals surface area contributed by atoms with Crippen molar-refractivity contribution >= 4 is 21.6 Å². The molecule has 0 aliphatic rings. The largest absolute Gasteiger partial charge is 0.435 e. The Hall–Kier alpha value is -0.920. The molecule has 0 fully saturated rings. The molecule has 0 aliphatic carbocycles. The molecule has 102 valence electrons. The van der Waals surface area contributed by atoms with Crippen molar-refractivity contribution in [3.63, 3.8) is 0 Å². The molecule has 0 amide bonds.